The molecule has 5 heteroatoms. The van der Waals surface area contributed by atoms with Gasteiger partial charge in [-0.2, -0.15) is 0 Å². The molecule has 2 aromatic rings. The summed E-state index contributed by atoms with van der Waals surface area (Å²) in [6.07, 6.45) is 2.85. The van der Waals surface area contributed by atoms with Gasteiger partial charge in [-0.3, -0.25) is 9.69 Å². The van der Waals surface area contributed by atoms with Gasteiger partial charge in [0.25, 0.3) is 0 Å². The minimum Gasteiger partial charge on any atom is -0.481 e. The Morgan fingerprint density at radius 1 is 1.42 bits per heavy atom. The Morgan fingerprint density at radius 2 is 2.21 bits per heavy atom. The van der Waals surface area contributed by atoms with Crippen LogP contribution in [0.3, 0.4) is 0 Å². The Labute approximate surface area is 141 Å². The van der Waals surface area contributed by atoms with Crippen molar-refractivity contribution in [2.75, 3.05) is 13.1 Å². The molecule has 1 saturated carbocycles. The first-order valence-electron chi connectivity index (χ1n) is 8.55. The fraction of sp³-hybridized carbons (Fsp3) is 0.474. The van der Waals surface area contributed by atoms with Crippen LogP contribution < -0.4 is 0 Å². The third-order valence-corrected chi connectivity index (χ3v) is 5.65. The molecule has 1 aromatic carbocycles. The number of carboxylic acid groups (broad SMARTS) is 1. The van der Waals surface area contributed by atoms with Gasteiger partial charge in [-0.05, 0) is 25.7 Å². The van der Waals surface area contributed by atoms with Crippen LogP contribution in [0.4, 0.5) is 0 Å². The number of rotatable bonds is 4. The van der Waals surface area contributed by atoms with Gasteiger partial charge in [-0.15, -0.1) is 0 Å². The second-order valence-corrected chi connectivity index (χ2v) is 7.26. The SMILES string of the molecule is Cc1ccc(-c2cc(CN3C[C@@H]4CCC[C@@]4(C(=O)O)C3)on2)cc1. The maximum absolute atomic E-state index is 11.8. The third-order valence-electron chi connectivity index (χ3n) is 5.65. The fourth-order valence-corrected chi connectivity index (χ4v) is 4.33. The third kappa shape index (κ3) is 2.53. The first kappa shape index (κ1) is 15.4. The van der Waals surface area contributed by atoms with E-state index in [9.17, 15) is 9.90 Å². The number of aliphatic carboxylic acids is 1. The molecule has 2 heterocycles. The van der Waals surface area contributed by atoms with Crippen LogP contribution in [-0.4, -0.2) is 34.2 Å². The Hall–Kier alpha value is -2.14. The normalized spacial score (nSPS) is 26.6. The number of fused-ring (bicyclic) bond motifs is 1. The highest BCUT2D eigenvalue weighted by atomic mass is 16.5. The molecule has 0 unspecified atom stereocenters. The van der Waals surface area contributed by atoms with Crippen LogP contribution in [0.1, 0.15) is 30.6 Å². The average Bonchev–Trinajstić information content (AvgIpc) is 3.22. The number of aromatic nitrogens is 1. The molecule has 1 saturated heterocycles. The van der Waals surface area contributed by atoms with Gasteiger partial charge in [-0.25, -0.2) is 0 Å². The molecule has 24 heavy (non-hydrogen) atoms. The Kier molecular flexibility index (Phi) is 3.68. The summed E-state index contributed by atoms with van der Waals surface area (Å²) in [5.41, 5.74) is 2.54. The smallest absolute Gasteiger partial charge is 0.311 e. The molecule has 1 N–H and O–H groups in total. The van der Waals surface area contributed by atoms with Crippen LogP contribution >= 0.6 is 0 Å². The van der Waals surface area contributed by atoms with Crippen molar-refractivity contribution in [1.29, 1.82) is 0 Å². The van der Waals surface area contributed by atoms with E-state index in [1.54, 1.807) is 0 Å². The molecule has 2 aliphatic rings. The van der Waals surface area contributed by atoms with Gasteiger partial charge in [0.2, 0.25) is 0 Å². The van der Waals surface area contributed by atoms with E-state index in [4.69, 9.17) is 4.52 Å². The van der Waals surface area contributed by atoms with Crippen molar-refractivity contribution in [3.8, 4) is 11.3 Å². The molecular weight excluding hydrogens is 304 g/mol. The summed E-state index contributed by atoms with van der Waals surface area (Å²) in [6, 6.07) is 10.2. The van der Waals surface area contributed by atoms with Gasteiger partial charge >= 0.3 is 5.97 Å². The summed E-state index contributed by atoms with van der Waals surface area (Å²) in [7, 11) is 0. The number of aryl methyl sites for hydroxylation is 1. The number of hydrogen-bond acceptors (Lipinski definition) is 4. The molecular formula is C19H22N2O3. The zero-order valence-electron chi connectivity index (χ0n) is 13.9. The number of benzene rings is 1. The minimum absolute atomic E-state index is 0.273. The van der Waals surface area contributed by atoms with Crippen molar-refractivity contribution in [2.45, 2.75) is 32.7 Å². The molecule has 2 fully saturated rings. The van der Waals surface area contributed by atoms with Crippen LogP contribution in [0.15, 0.2) is 34.9 Å². The number of hydrogen-bond donors (Lipinski definition) is 1. The van der Waals surface area contributed by atoms with E-state index in [0.717, 1.165) is 42.8 Å². The van der Waals surface area contributed by atoms with Gasteiger partial charge in [-0.1, -0.05) is 41.4 Å². The van der Waals surface area contributed by atoms with Crippen molar-refractivity contribution in [3.63, 3.8) is 0 Å². The van der Waals surface area contributed by atoms with E-state index < -0.39 is 11.4 Å². The van der Waals surface area contributed by atoms with Crippen molar-refractivity contribution in [3.05, 3.63) is 41.7 Å². The molecule has 0 spiro atoms. The maximum atomic E-state index is 11.8. The minimum atomic E-state index is -0.634. The molecule has 0 bridgehead atoms. The summed E-state index contributed by atoms with van der Waals surface area (Å²) in [4.78, 5) is 14.0. The van der Waals surface area contributed by atoms with E-state index in [1.807, 2.05) is 18.2 Å². The number of carbonyl (C=O) groups is 1. The summed E-state index contributed by atoms with van der Waals surface area (Å²) >= 11 is 0. The lowest BCUT2D eigenvalue weighted by Gasteiger charge is -2.23. The van der Waals surface area contributed by atoms with Crippen LogP contribution in [0.25, 0.3) is 11.3 Å². The second-order valence-electron chi connectivity index (χ2n) is 7.26. The summed E-state index contributed by atoms with van der Waals surface area (Å²) < 4.78 is 5.49. The number of carboxylic acids is 1. The topological polar surface area (TPSA) is 66.6 Å². The summed E-state index contributed by atoms with van der Waals surface area (Å²) in [6.45, 7) is 4.14. The van der Waals surface area contributed by atoms with Gasteiger partial charge in [0.15, 0.2) is 5.76 Å². The largest absolute Gasteiger partial charge is 0.481 e. The van der Waals surface area contributed by atoms with E-state index in [2.05, 4.69) is 29.1 Å². The molecule has 1 aliphatic heterocycles. The number of nitrogens with zero attached hydrogens (tertiary/aromatic N) is 2. The Morgan fingerprint density at radius 3 is 2.92 bits per heavy atom. The van der Waals surface area contributed by atoms with E-state index in [0.29, 0.717) is 13.1 Å². The molecule has 1 aromatic heterocycles. The first-order chi connectivity index (χ1) is 11.6. The van der Waals surface area contributed by atoms with Gasteiger partial charge in [0.05, 0.1) is 12.0 Å². The van der Waals surface area contributed by atoms with Gasteiger partial charge < -0.3 is 9.63 Å². The second kappa shape index (κ2) is 5.74. The highest BCUT2D eigenvalue weighted by Crippen LogP contribution is 2.49. The molecule has 126 valence electrons. The first-order valence-corrected chi connectivity index (χ1v) is 8.55. The molecule has 4 rings (SSSR count). The van der Waals surface area contributed by atoms with Gasteiger partial charge in [0.1, 0.15) is 5.69 Å². The Balaban J connectivity index is 1.47. The van der Waals surface area contributed by atoms with Gasteiger partial charge in [0, 0.05) is 24.7 Å². The number of likely N-dealkylation sites (tertiary alicyclic amines) is 1. The van der Waals surface area contributed by atoms with Crippen molar-refractivity contribution in [1.82, 2.24) is 10.1 Å². The molecule has 0 radical (unpaired) electrons. The predicted molar refractivity (Wildman–Crippen MR) is 89.4 cm³/mol. The molecule has 1 aliphatic carbocycles. The fourth-order valence-electron chi connectivity index (χ4n) is 4.33. The predicted octanol–water partition coefficient (Wildman–Crippen LogP) is 3.34. The monoisotopic (exact) mass is 326 g/mol. The zero-order chi connectivity index (χ0) is 16.7. The van der Waals surface area contributed by atoms with Crippen LogP contribution in [0.5, 0.6) is 0 Å². The highest BCUT2D eigenvalue weighted by Gasteiger charge is 2.54. The highest BCUT2D eigenvalue weighted by molar-refractivity contribution is 5.76. The average molecular weight is 326 g/mol. The van der Waals surface area contributed by atoms with Crippen molar-refractivity contribution in [2.24, 2.45) is 11.3 Å². The molecule has 5 nitrogen and oxygen atoms in total. The van der Waals surface area contributed by atoms with Crippen molar-refractivity contribution >= 4 is 5.97 Å². The molecule has 0 amide bonds. The van der Waals surface area contributed by atoms with Crippen LogP contribution in [-0.2, 0) is 11.3 Å². The summed E-state index contributed by atoms with van der Waals surface area (Å²) in [5, 5.41) is 13.8. The summed E-state index contributed by atoms with van der Waals surface area (Å²) in [5.74, 6) is 0.436. The lowest BCUT2D eigenvalue weighted by Crippen LogP contribution is -2.35. The Bertz CT molecular complexity index is 752. The van der Waals surface area contributed by atoms with E-state index in [-0.39, 0.29) is 5.92 Å². The maximum Gasteiger partial charge on any atom is 0.311 e. The van der Waals surface area contributed by atoms with Crippen molar-refractivity contribution < 1.29 is 14.4 Å². The molecule has 2 atom stereocenters. The lowest BCUT2D eigenvalue weighted by atomic mass is 9.81. The van der Waals surface area contributed by atoms with E-state index >= 15 is 0 Å². The zero-order valence-corrected chi connectivity index (χ0v) is 13.9. The quantitative estimate of drug-likeness (QED) is 0.933. The standard InChI is InChI=1S/C19H22N2O3/c1-13-4-6-14(7-5-13)17-9-16(24-20-17)11-21-10-15-3-2-8-19(15,12-21)18(22)23/h4-7,9,15H,2-3,8,10-12H2,1H3,(H,22,23)/t15-,19+/m0/s1. The van der Waals surface area contributed by atoms with Crippen LogP contribution in [0, 0.1) is 18.3 Å². The van der Waals surface area contributed by atoms with Crippen LogP contribution in [0.2, 0.25) is 0 Å². The van der Waals surface area contributed by atoms with E-state index in [1.165, 1.54) is 5.56 Å². The lowest BCUT2D eigenvalue weighted by molar-refractivity contribution is -0.149.